The summed E-state index contributed by atoms with van der Waals surface area (Å²) in [5, 5.41) is 0. The fourth-order valence-corrected chi connectivity index (χ4v) is 4.10. The molecule has 5 nitrogen and oxygen atoms in total. The van der Waals surface area contributed by atoms with E-state index in [-0.39, 0.29) is 6.09 Å². The summed E-state index contributed by atoms with van der Waals surface area (Å²) < 4.78 is 11.2. The van der Waals surface area contributed by atoms with Crippen LogP contribution in [-0.4, -0.2) is 43.1 Å². The van der Waals surface area contributed by atoms with Crippen molar-refractivity contribution in [1.82, 2.24) is 4.90 Å². The van der Waals surface area contributed by atoms with Crippen LogP contribution in [0.1, 0.15) is 61.0 Å². The van der Waals surface area contributed by atoms with Gasteiger partial charge in [0, 0.05) is 24.2 Å². The first kappa shape index (κ1) is 21.2. The van der Waals surface area contributed by atoms with Crippen LogP contribution in [0.25, 0.3) is 16.7 Å². The van der Waals surface area contributed by atoms with Crippen LogP contribution >= 0.6 is 0 Å². The van der Waals surface area contributed by atoms with Gasteiger partial charge in [0.2, 0.25) is 0 Å². The van der Waals surface area contributed by atoms with E-state index < -0.39 is 5.60 Å². The standard InChI is InChI=1S/C26H29NO4/c1-26(2,3)31-25(29)27-12-11-18(15-27)24-20(16-28)13-19(14-23(24)30-4)22-8-6-5-7-21(22)17-9-10-17/h5-8,11,13-14,16-17H,9-10,12,15H2,1-4H3. The van der Waals surface area contributed by atoms with Gasteiger partial charge < -0.3 is 14.4 Å². The third-order valence-electron chi connectivity index (χ3n) is 5.66. The number of benzene rings is 2. The van der Waals surface area contributed by atoms with Gasteiger partial charge in [-0.1, -0.05) is 30.3 Å². The largest absolute Gasteiger partial charge is 0.496 e. The zero-order valence-electron chi connectivity index (χ0n) is 18.6. The molecule has 1 aliphatic carbocycles. The van der Waals surface area contributed by atoms with Gasteiger partial charge >= 0.3 is 6.09 Å². The number of carbonyl (C=O) groups is 2. The van der Waals surface area contributed by atoms with E-state index in [1.807, 2.05) is 45.0 Å². The number of rotatable bonds is 5. The summed E-state index contributed by atoms with van der Waals surface area (Å²) in [6.45, 7) is 6.37. The molecule has 1 amide bonds. The van der Waals surface area contributed by atoms with Crippen molar-refractivity contribution in [3.8, 4) is 16.9 Å². The van der Waals surface area contributed by atoms with Crippen LogP contribution in [0.3, 0.4) is 0 Å². The van der Waals surface area contributed by atoms with Crippen molar-refractivity contribution in [2.24, 2.45) is 0 Å². The summed E-state index contributed by atoms with van der Waals surface area (Å²) in [5.74, 6) is 1.24. The van der Waals surface area contributed by atoms with E-state index in [1.54, 1.807) is 12.0 Å². The molecule has 31 heavy (non-hydrogen) atoms. The lowest BCUT2D eigenvalue weighted by molar-refractivity contribution is 0.0306. The molecule has 0 N–H and O–H groups in total. The lowest BCUT2D eigenvalue weighted by atomic mass is 9.91. The lowest BCUT2D eigenvalue weighted by Gasteiger charge is -2.24. The number of nitrogens with zero attached hydrogens (tertiary/aromatic N) is 1. The van der Waals surface area contributed by atoms with E-state index >= 15 is 0 Å². The molecule has 0 spiro atoms. The number of aldehydes is 1. The summed E-state index contributed by atoms with van der Waals surface area (Å²) in [6.07, 6.45) is 4.89. The summed E-state index contributed by atoms with van der Waals surface area (Å²) in [5.41, 5.74) is 5.11. The highest BCUT2D eigenvalue weighted by atomic mass is 16.6. The van der Waals surface area contributed by atoms with E-state index in [0.717, 1.165) is 28.5 Å². The van der Waals surface area contributed by atoms with E-state index in [0.29, 0.717) is 30.3 Å². The minimum atomic E-state index is -0.553. The first-order chi connectivity index (χ1) is 14.8. The van der Waals surface area contributed by atoms with Crippen LogP contribution in [0.2, 0.25) is 0 Å². The van der Waals surface area contributed by atoms with E-state index in [1.165, 1.54) is 18.4 Å². The molecule has 1 fully saturated rings. The van der Waals surface area contributed by atoms with Gasteiger partial charge in [0.05, 0.1) is 7.11 Å². The Bertz CT molecular complexity index is 1040. The highest BCUT2D eigenvalue weighted by Crippen LogP contribution is 2.45. The van der Waals surface area contributed by atoms with Crippen LogP contribution in [-0.2, 0) is 4.74 Å². The highest BCUT2D eigenvalue weighted by molar-refractivity contribution is 5.93. The van der Waals surface area contributed by atoms with Gasteiger partial charge in [-0.05, 0) is 73.9 Å². The van der Waals surface area contributed by atoms with Crippen molar-refractivity contribution in [3.63, 3.8) is 0 Å². The Labute approximate surface area is 183 Å². The molecule has 0 unspecified atom stereocenters. The average Bonchev–Trinajstić information content (AvgIpc) is 3.47. The van der Waals surface area contributed by atoms with Gasteiger partial charge in [-0.15, -0.1) is 0 Å². The Morgan fingerprint density at radius 3 is 2.55 bits per heavy atom. The van der Waals surface area contributed by atoms with Gasteiger partial charge in [0.15, 0.2) is 6.29 Å². The summed E-state index contributed by atoms with van der Waals surface area (Å²) in [4.78, 5) is 26.2. The van der Waals surface area contributed by atoms with Crippen molar-refractivity contribution >= 4 is 18.0 Å². The van der Waals surface area contributed by atoms with Crippen molar-refractivity contribution in [2.45, 2.75) is 45.1 Å². The van der Waals surface area contributed by atoms with Gasteiger partial charge in [-0.25, -0.2) is 4.79 Å². The normalized spacial score (nSPS) is 16.1. The molecule has 0 saturated heterocycles. The van der Waals surface area contributed by atoms with E-state index in [9.17, 15) is 9.59 Å². The van der Waals surface area contributed by atoms with Crippen LogP contribution in [0, 0.1) is 0 Å². The molecule has 1 saturated carbocycles. The minimum Gasteiger partial charge on any atom is -0.496 e. The van der Waals surface area contributed by atoms with E-state index in [4.69, 9.17) is 9.47 Å². The fourth-order valence-electron chi connectivity index (χ4n) is 4.10. The number of ether oxygens (including phenoxy) is 2. The highest BCUT2D eigenvalue weighted by Gasteiger charge is 2.29. The zero-order chi connectivity index (χ0) is 22.2. The molecule has 0 atom stereocenters. The molecule has 0 bridgehead atoms. The van der Waals surface area contributed by atoms with Crippen LogP contribution < -0.4 is 4.74 Å². The second-order valence-corrected chi connectivity index (χ2v) is 9.21. The maximum absolute atomic E-state index is 12.5. The summed E-state index contributed by atoms with van der Waals surface area (Å²) >= 11 is 0. The zero-order valence-corrected chi connectivity index (χ0v) is 18.6. The molecule has 1 heterocycles. The summed E-state index contributed by atoms with van der Waals surface area (Å²) in [7, 11) is 1.62. The predicted octanol–water partition coefficient (Wildman–Crippen LogP) is 5.69. The second-order valence-electron chi connectivity index (χ2n) is 9.21. The molecule has 5 heteroatoms. The third-order valence-corrected chi connectivity index (χ3v) is 5.66. The second kappa shape index (κ2) is 8.22. The summed E-state index contributed by atoms with van der Waals surface area (Å²) in [6, 6.07) is 12.3. The lowest BCUT2D eigenvalue weighted by Crippen LogP contribution is -2.35. The predicted molar refractivity (Wildman–Crippen MR) is 122 cm³/mol. The Hall–Kier alpha value is -3.08. The molecule has 4 rings (SSSR count). The molecule has 0 aromatic heterocycles. The molecular weight excluding hydrogens is 390 g/mol. The maximum Gasteiger partial charge on any atom is 0.410 e. The Morgan fingerprint density at radius 2 is 1.90 bits per heavy atom. The number of amides is 1. The Morgan fingerprint density at radius 1 is 1.16 bits per heavy atom. The number of hydrogen-bond donors (Lipinski definition) is 0. The molecule has 2 aromatic rings. The molecule has 2 aliphatic rings. The minimum absolute atomic E-state index is 0.361. The average molecular weight is 420 g/mol. The van der Waals surface area contributed by atoms with Gasteiger partial charge in [0.25, 0.3) is 0 Å². The number of methoxy groups -OCH3 is 1. The van der Waals surface area contributed by atoms with Crippen LogP contribution in [0.15, 0.2) is 42.5 Å². The topological polar surface area (TPSA) is 55.8 Å². The fraction of sp³-hybridized carbons (Fsp3) is 0.385. The van der Waals surface area contributed by atoms with Gasteiger partial charge in [-0.2, -0.15) is 0 Å². The monoisotopic (exact) mass is 419 g/mol. The smallest absolute Gasteiger partial charge is 0.410 e. The quantitative estimate of drug-likeness (QED) is 0.585. The first-order valence-corrected chi connectivity index (χ1v) is 10.7. The molecule has 1 aliphatic heterocycles. The van der Waals surface area contributed by atoms with Crippen molar-refractivity contribution in [3.05, 3.63) is 59.2 Å². The van der Waals surface area contributed by atoms with Crippen molar-refractivity contribution in [2.75, 3.05) is 20.2 Å². The van der Waals surface area contributed by atoms with Gasteiger partial charge in [-0.3, -0.25) is 4.79 Å². The Kier molecular flexibility index (Phi) is 5.61. The van der Waals surface area contributed by atoms with Crippen molar-refractivity contribution < 1.29 is 19.1 Å². The molecule has 2 aromatic carbocycles. The maximum atomic E-state index is 12.5. The molecule has 162 valence electrons. The molecule has 0 radical (unpaired) electrons. The van der Waals surface area contributed by atoms with Gasteiger partial charge in [0.1, 0.15) is 11.4 Å². The first-order valence-electron chi connectivity index (χ1n) is 10.7. The number of carbonyl (C=O) groups excluding carboxylic acids is 2. The third kappa shape index (κ3) is 4.50. The van der Waals surface area contributed by atoms with Crippen LogP contribution in [0.5, 0.6) is 5.75 Å². The Balaban J connectivity index is 1.67. The SMILES string of the molecule is COc1cc(-c2ccccc2C2CC2)cc(C=O)c1C1=CCN(C(=O)OC(C)(C)C)C1. The van der Waals surface area contributed by atoms with Crippen molar-refractivity contribution in [1.29, 1.82) is 0 Å². The van der Waals surface area contributed by atoms with Crippen LogP contribution in [0.4, 0.5) is 4.79 Å². The molecular formula is C26H29NO4. The number of hydrogen-bond acceptors (Lipinski definition) is 4. The van der Waals surface area contributed by atoms with E-state index in [2.05, 4.69) is 18.2 Å².